The molecule has 0 aliphatic carbocycles. The second-order valence-electron chi connectivity index (χ2n) is 9.36. The van der Waals surface area contributed by atoms with E-state index < -0.39 is 6.04 Å². The fraction of sp³-hybridized carbons (Fsp3) is 0.355. The Morgan fingerprint density at radius 3 is 2.26 bits per heavy atom. The minimum absolute atomic E-state index is 0.00959. The fourth-order valence-corrected chi connectivity index (χ4v) is 4.70. The number of ether oxygens (including phenoxy) is 2. The van der Waals surface area contributed by atoms with Crippen LogP contribution in [0.3, 0.4) is 0 Å². The summed E-state index contributed by atoms with van der Waals surface area (Å²) in [6.07, 6.45) is 2.01. The van der Waals surface area contributed by atoms with Crippen LogP contribution < -0.4 is 14.8 Å². The Balaban J connectivity index is 1.91. The summed E-state index contributed by atoms with van der Waals surface area (Å²) in [5, 5.41) is 3.11. The zero-order valence-electron chi connectivity index (χ0n) is 22.6. The van der Waals surface area contributed by atoms with Gasteiger partial charge < -0.3 is 19.7 Å². The number of nitrogens with zero attached hydrogens (tertiary/aromatic N) is 1. The molecule has 0 heterocycles. The standard InChI is InChI=1S/C31H37BrN2O4/c1-5-22(2)33-31(36)27(19-23-10-7-6-8-11-23)34(21-25-12-9-13-26(32)18-25)30(35)17-15-24-14-16-28(37-3)29(20-24)38-4/h6-14,16,18,20,22,27H,5,15,17,19,21H2,1-4H3,(H,33,36)/t22-,27+/m1/s1. The van der Waals surface area contributed by atoms with Crippen molar-refractivity contribution in [1.29, 1.82) is 0 Å². The SMILES string of the molecule is CC[C@@H](C)NC(=O)[C@H](Cc1ccccc1)N(Cc1cccc(Br)c1)C(=O)CCc1ccc(OC)c(OC)c1. The van der Waals surface area contributed by atoms with Gasteiger partial charge in [-0.15, -0.1) is 0 Å². The first kappa shape index (κ1) is 29.2. The number of benzene rings is 3. The van der Waals surface area contributed by atoms with Crippen LogP contribution in [0.2, 0.25) is 0 Å². The highest BCUT2D eigenvalue weighted by atomic mass is 79.9. The maximum Gasteiger partial charge on any atom is 0.243 e. The number of carbonyl (C=O) groups excluding carboxylic acids is 2. The van der Waals surface area contributed by atoms with Crippen molar-refractivity contribution in [1.82, 2.24) is 10.2 Å². The smallest absolute Gasteiger partial charge is 0.243 e. The summed E-state index contributed by atoms with van der Waals surface area (Å²) in [5.74, 6) is 1.04. The molecule has 0 aliphatic rings. The van der Waals surface area contributed by atoms with Gasteiger partial charge in [0.15, 0.2) is 11.5 Å². The summed E-state index contributed by atoms with van der Waals surface area (Å²) in [5.41, 5.74) is 2.92. The number of hydrogen-bond donors (Lipinski definition) is 1. The van der Waals surface area contributed by atoms with Crippen LogP contribution in [-0.2, 0) is 29.0 Å². The van der Waals surface area contributed by atoms with Gasteiger partial charge in [0.1, 0.15) is 6.04 Å². The van der Waals surface area contributed by atoms with Crippen molar-refractivity contribution >= 4 is 27.7 Å². The summed E-state index contributed by atoms with van der Waals surface area (Å²) in [6.45, 7) is 4.34. The summed E-state index contributed by atoms with van der Waals surface area (Å²) in [6, 6.07) is 22.7. The molecule has 7 heteroatoms. The first-order valence-corrected chi connectivity index (χ1v) is 13.7. The minimum atomic E-state index is -0.650. The first-order chi connectivity index (χ1) is 18.3. The highest BCUT2D eigenvalue weighted by Gasteiger charge is 2.30. The predicted molar refractivity (Wildman–Crippen MR) is 154 cm³/mol. The van der Waals surface area contributed by atoms with Gasteiger partial charge in [0, 0.05) is 29.9 Å². The molecular weight excluding hydrogens is 544 g/mol. The number of methoxy groups -OCH3 is 2. The lowest BCUT2D eigenvalue weighted by molar-refractivity contribution is -0.141. The second kappa shape index (κ2) is 14.6. The Morgan fingerprint density at radius 1 is 0.895 bits per heavy atom. The van der Waals surface area contributed by atoms with Crippen molar-refractivity contribution in [2.45, 2.75) is 58.2 Å². The third-order valence-electron chi connectivity index (χ3n) is 6.59. The zero-order chi connectivity index (χ0) is 27.5. The molecule has 38 heavy (non-hydrogen) atoms. The topological polar surface area (TPSA) is 67.9 Å². The van der Waals surface area contributed by atoms with Crippen molar-refractivity contribution in [2.75, 3.05) is 14.2 Å². The molecule has 0 unspecified atom stereocenters. The van der Waals surface area contributed by atoms with Gasteiger partial charge in [-0.05, 0) is 60.7 Å². The molecular formula is C31H37BrN2O4. The van der Waals surface area contributed by atoms with Crippen LogP contribution in [0.5, 0.6) is 11.5 Å². The average molecular weight is 582 g/mol. The lowest BCUT2D eigenvalue weighted by Crippen LogP contribution is -2.52. The molecule has 0 saturated carbocycles. The van der Waals surface area contributed by atoms with Crippen molar-refractivity contribution in [3.8, 4) is 11.5 Å². The van der Waals surface area contributed by atoms with Crippen molar-refractivity contribution < 1.29 is 19.1 Å². The molecule has 2 atom stereocenters. The summed E-state index contributed by atoms with van der Waals surface area (Å²) in [4.78, 5) is 29.2. The third kappa shape index (κ3) is 8.35. The van der Waals surface area contributed by atoms with Crippen molar-refractivity contribution in [3.05, 3.63) is 94.0 Å². The Kier molecular flexibility index (Phi) is 11.2. The van der Waals surface area contributed by atoms with E-state index in [2.05, 4.69) is 21.2 Å². The van der Waals surface area contributed by atoms with Crippen LogP contribution >= 0.6 is 15.9 Å². The number of halogens is 1. The summed E-state index contributed by atoms with van der Waals surface area (Å²) in [7, 11) is 3.19. The lowest BCUT2D eigenvalue weighted by atomic mass is 10.0. The largest absolute Gasteiger partial charge is 0.493 e. The molecule has 3 rings (SSSR count). The van der Waals surface area contributed by atoms with Gasteiger partial charge in [0.2, 0.25) is 11.8 Å². The zero-order valence-corrected chi connectivity index (χ0v) is 24.2. The Labute approximate surface area is 234 Å². The molecule has 3 aromatic carbocycles. The molecule has 0 aromatic heterocycles. The van der Waals surface area contributed by atoms with Crippen LogP contribution in [-0.4, -0.2) is 43.0 Å². The van der Waals surface area contributed by atoms with E-state index in [0.29, 0.717) is 30.9 Å². The summed E-state index contributed by atoms with van der Waals surface area (Å²) < 4.78 is 11.7. The van der Waals surface area contributed by atoms with E-state index >= 15 is 0 Å². The van der Waals surface area contributed by atoms with Crippen LogP contribution in [0.1, 0.15) is 43.4 Å². The number of amides is 2. The molecule has 2 amide bonds. The van der Waals surface area contributed by atoms with Crippen molar-refractivity contribution in [3.63, 3.8) is 0 Å². The lowest BCUT2D eigenvalue weighted by Gasteiger charge is -2.32. The molecule has 0 radical (unpaired) electrons. The maximum absolute atomic E-state index is 13.9. The molecule has 0 aliphatic heterocycles. The molecule has 1 N–H and O–H groups in total. The van der Waals surface area contributed by atoms with E-state index in [1.54, 1.807) is 19.1 Å². The van der Waals surface area contributed by atoms with Crippen LogP contribution in [0.15, 0.2) is 77.3 Å². The van der Waals surface area contributed by atoms with Gasteiger partial charge in [0.25, 0.3) is 0 Å². The maximum atomic E-state index is 13.9. The highest BCUT2D eigenvalue weighted by molar-refractivity contribution is 9.10. The molecule has 0 bridgehead atoms. The van der Waals surface area contributed by atoms with Gasteiger partial charge in [0.05, 0.1) is 14.2 Å². The van der Waals surface area contributed by atoms with Crippen LogP contribution in [0, 0.1) is 0 Å². The number of nitrogens with one attached hydrogen (secondary N) is 1. The van der Waals surface area contributed by atoms with E-state index in [9.17, 15) is 9.59 Å². The molecule has 0 spiro atoms. The van der Waals surface area contributed by atoms with Crippen LogP contribution in [0.4, 0.5) is 0 Å². The summed E-state index contributed by atoms with van der Waals surface area (Å²) >= 11 is 3.53. The number of aryl methyl sites for hydroxylation is 1. The van der Waals surface area contributed by atoms with Gasteiger partial charge in [-0.1, -0.05) is 71.4 Å². The predicted octanol–water partition coefficient (Wildman–Crippen LogP) is 5.95. The molecule has 6 nitrogen and oxygen atoms in total. The van der Waals surface area contributed by atoms with Gasteiger partial charge in [-0.25, -0.2) is 0 Å². The fourth-order valence-electron chi connectivity index (χ4n) is 4.26. The van der Waals surface area contributed by atoms with Crippen molar-refractivity contribution in [2.24, 2.45) is 0 Å². The Bertz CT molecular complexity index is 1200. The molecule has 0 saturated heterocycles. The Hall–Kier alpha value is -3.32. The molecule has 202 valence electrons. The van der Waals surface area contributed by atoms with Crippen LogP contribution in [0.25, 0.3) is 0 Å². The third-order valence-corrected chi connectivity index (χ3v) is 7.08. The molecule has 3 aromatic rings. The average Bonchev–Trinajstić information content (AvgIpc) is 2.93. The number of carbonyl (C=O) groups is 2. The van der Waals surface area contributed by atoms with Gasteiger partial charge in [-0.2, -0.15) is 0 Å². The number of hydrogen-bond acceptors (Lipinski definition) is 4. The first-order valence-electron chi connectivity index (χ1n) is 12.9. The van der Waals surface area contributed by atoms with E-state index in [1.807, 2.05) is 86.6 Å². The van der Waals surface area contributed by atoms with Gasteiger partial charge in [-0.3, -0.25) is 9.59 Å². The Morgan fingerprint density at radius 2 is 1.61 bits per heavy atom. The van der Waals surface area contributed by atoms with E-state index in [0.717, 1.165) is 27.6 Å². The molecule has 0 fully saturated rings. The normalized spacial score (nSPS) is 12.3. The quantitative estimate of drug-likeness (QED) is 0.271. The van der Waals surface area contributed by atoms with Gasteiger partial charge >= 0.3 is 0 Å². The monoisotopic (exact) mass is 580 g/mol. The van der Waals surface area contributed by atoms with E-state index in [4.69, 9.17) is 9.47 Å². The van der Waals surface area contributed by atoms with E-state index in [1.165, 1.54) is 0 Å². The second-order valence-corrected chi connectivity index (χ2v) is 10.3. The van der Waals surface area contributed by atoms with E-state index in [-0.39, 0.29) is 24.3 Å². The highest BCUT2D eigenvalue weighted by Crippen LogP contribution is 2.28. The minimum Gasteiger partial charge on any atom is -0.493 e. The number of rotatable bonds is 13.